The van der Waals surface area contributed by atoms with Gasteiger partial charge < -0.3 is 0 Å². The van der Waals surface area contributed by atoms with Gasteiger partial charge in [-0.25, -0.2) is 4.90 Å². The molecule has 0 atom stereocenters. The summed E-state index contributed by atoms with van der Waals surface area (Å²) in [6.45, 7) is 0. The molecule has 0 aromatic rings. The largest absolute Gasteiger partial charge is 0.269 e. The third-order valence-electron chi connectivity index (χ3n) is 2.03. The van der Waals surface area contributed by atoms with Crippen LogP contribution in [-0.4, -0.2) is 16.7 Å². The molecule has 0 radical (unpaired) electrons. The zero-order chi connectivity index (χ0) is 9.97. The van der Waals surface area contributed by atoms with Crippen LogP contribution in [0.1, 0.15) is 6.42 Å². The second-order valence-corrected chi connectivity index (χ2v) is 3.00. The molecule has 1 heterocycles. The summed E-state index contributed by atoms with van der Waals surface area (Å²) in [7, 11) is 0. The first-order valence-electron chi connectivity index (χ1n) is 4.38. The van der Waals surface area contributed by atoms with E-state index >= 15 is 0 Å². The van der Waals surface area contributed by atoms with Gasteiger partial charge in [-0.3, -0.25) is 9.59 Å². The van der Waals surface area contributed by atoms with Gasteiger partial charge in [-0.05, 0) is 18.6 Å². The summed E-state index contributed by atoms with van der Waals surface area (Å²) in [6, 6.07) is 0. The summed E-state index contributed by atoms with van der Waals surface area (Å²) in [5.74, 6) is -0.553. The molecule has 70 valence electrons. The molecule has 2 amide bonds. The average Bonchev–Trinajstić information content (AvgIpc) is 2.45. The summed E-state index contributed by atoms with van der Waals surface area (Å²) in [6.07, 6.45) is 12.6. The molecule has 0 unspecified atom stereocenters. The van der Waals surface area contributed by atoms with E-state index in [-0.39, 0.29) is 11.8 Å². The molecule has 0 saturated carbocycles. The second kappa shape index (κ2) is 3.46. The van der Waals surface area contributed by atoms with Crippen molar-refractivity contribution in [2.75, 3.05) is 0 Å². The number of nitrogens with zero attached hydrogens (tertiary/aromatic N) is 1. The zero-order valence-corrected chi connectivity index (χ0v) is 7.51. The number of allylic oxidation sites excluding steroid dienone is 5. The van der Waals surface area contributed by atoms with E-state index in [1.54, 1.807) is 12.2 Å². The van der Waals surface area contributed by atoms with Crippen molar-refractivity contribution in [1.29, 1.82) is 0 Å². The first-order chi connectivity index (χ1) is 6.79. The lowest BCUT2D eigenvalue weighted by atomic mass is 10.3. The predicted molar refractivity (Wildman–Crippen MR) is 52.0 cm³/mol. The molecule has 2 rings (SSSR count). The minimum atomic E-state index is -0.277. The van der Waals surface area contributed by atoms with Crippen LogP contribution < -0.4 is 0 Å². The van der Waals surface area contributed by atoms with E-state index < -0.39 is 0 Å². The highest BCUT2D eigenvalue weighted by Gasteiger charge is 2.25. The van der Waals surface area contributed by atoms with Gasteiger partial charge in [-0.15, -0.1) is 0 Å². The normalized spacial score (nSPS) is 20.3. The van der Waals surface area contributed by atoms with E-state index in [2.05, 4.69) is 0 Å². The quantitative estimate of drug-likeness (QED) is 0.580. The van der Waals surface area contributed by atoms with Crippen molar-refractivity contribution in [3.05, 3.63) is 48.2 Å². The van der Waals surface area contributed by atoms with E-state index in [0.717, 1.165) is 11.3 Å². The molecule has 0 spiro atoms. The fourth-order valence-corrected chi connectivity index (χ4v) is 1.37. The van der Waals surface area contributed by atoms with Gasteiger partial charge in [0.1, 0.15) is 0 Å². The van der Waals surface area contributed by atoms with Crippen molar-refractivity contribution in [2.24, 2.45) is 0 Å². The summed E-state index contributed by atoms with van der Waals surface area (Å²) in [5.41, 5.74) is 0.624. The highest BCUT2D eigenvalue weighted by Crippen LogP contribution is 2.15. The van der Waals surface area contributed by atoms with Crippen LogP contribution in [0.3, 0.4) is 0 Å². The highest BCUT2D eigenvalue weighted by molar-refractivity contribution is 6.14. The van der Waals surface area contributed by atoms with Crippen molar-refractivity contribution in [2.45, 2.75) is 6.42 Å². The van der Waals surface area contributed by atoms with Crippen LogP contribution in [-0.2, 0) is 9.59 Å². The number of imide groups is 1. The van der Waals surface area contributed by atoms with Gasteiger partial charge in [-0.2, -0.15) is 0 Å². The molecule has 0 fully saturated rings. The molecule has 0 aromatic carbocycles. The fourth-order valence-electron chi connectivity index (χ4n) is 1.37. The second-order valence-electron chi connectivity index (χ2n) is 3.00. The van der Waals surface area contributed by atoms with Crippen molar-refractivity contribution < 1.29 is 9.59 Å². The first kappa shape index (κ1) is 8.69. The summed E-state index contributed by atoms with van der Waals surface area (Å²) >= 11 is 0. The van der Waals surface area contributed by atoms with Gasteiger partial charge in [0.15, 0.2) is 0 Å². The summed E-state index contributed by atoms with van der Waals surface area (Å²) in [4.78, 5) is 23.8. The Bertz CT molecular complexity index is 382. The highest BCUT2D eigenvalue weighted by atomic mass is 16.2. The topological polar surface area (TPSA) is 37.4 Å². The molecule has 14 heavy (non-hydrogen) atoms. The number of hydrogen-bond acceptors (Lipinski definition) is 2. The molecular weight excluding hydrogens is 178 g/mol. The number of amides is 2. The zero-order valence-electron chi connectivity index (χ0n) is 7.51. The standard InChI is InChI=1S/C11H9NO2/c13-10-7-8-11(14)12(10)9-5-3-1-2-4-6-9/h1,3-8H,2H2. The van der Waals surface area contributed by atoms with Crippen molar-refractivity contribution >= 4 is 11.8 Å². The number of rotatable bonds is 1. The number of carbonyl (C=O) groups is 2. The van der Waals surface area contributed by atoms with E-state index in [0.29, 0.717) is 5.70 Å². The maximum atomic E-state index is 11.3. The third kappa shape index (κ3) is 1.44. The van der Waals surface area contributed by atoms with E-state index in [1.807, 2.05) is 18.2 Å². The van der Waals surface area contributed by atoms with Crippen LogP contribution in [0.4, 0.5) is 0 Å². The maximum absolute atomic E-state index is 11.3. The Kier molecular flexibility index (Phi) is 2.14. The van der Waals surface area contributed by atoms with E-state index in [9.17, 15) is 9.59 Å². The Balaban J connectivity index is 2.31. The van der Waals surface area contributed by atoms with Crippen LogP contribution in [0.25, 0.3) is 0 Å². The van der Waals surface area contributed by atoms with Crippen LogP contribution >= 0.6 is 0 Å². The monoisotopic (exact) mass is 187 g/mol. The minimum absolute atomic E-state index is 0.277. The Labute approximate surface area is 81.7 Å². The Hall–Kier alpha value is -1.90. The molecule has 0 aromatic heterocycles. The fraction of sp³-hybridized carbons (Fsp3) is 0.0909. The van der Waals surface area contributed by atoms with E-state index in [1.165, 1.54) is 12.2 Å². The van der Waals surface area contributed by atoms with Crippen LogP contribution in [0.5, 0.6) is 0 Å². The predicted octanol–water partition coefficient (Wildman–Crippen LogP) is 1.31. The van der Waals surface area contributed by atoms with Gasteiger partial charge in [0.25, 0.3) is 11.8 Å². The number of hydrogen-bond donors (Lipinski definition) is 0. The summed E-state index contributed by atoms with van der Waals surface area (Å²) in [5, 5.41) is 0. The molecule has 1 aliphatic carbocycles. The first-order valence-corrected chi connectivity index (χ1v) is 4.38. The lowest BCUT2D eigenvalue weighted by Crippen LogP contribution is -2.28. The van der Waals surface area contributed by atoms with Crippen LogP contribution in [0, 0.1) is 0 Å². The van der Waals surface area contributed by atoms with Crippen LogP contribution in [0.15, 0.2) is 48.2 Å². The molecule has 0 bridgehead atoms. The van der Waals surface area contributed by atoms with Gasteiger partial charge in [0.2, 0.25) is 0 Å². The van der Waals surface area contributed by atoms with Crippen molar-refractivity contribution in [1.82, 2.24) is 4.90 Å². The SMILES string of the molecule is O=C1C=CC(=O)N1C1=CC=CCC=C1. The number of carbonyl (C=O) groups excluding carboxylic acids is 2. The molecule has 1 aliphatic heterocycles. The molecular formula is C11H9NO2. The lowest BCUT2D eigenvalue weighted by molar-refractivity contribution is -0.134. The molecule has 0 N–H and O–H groups in total. The van der Waals surface area contributed by atoms with E-state index in [4.69, 9.17) is 0 Å². The smallest absolute Gasteiger partial charge is 0.258 e. The summed E-state index contributed by atoms with van der Waals surface area (Å²) < 4.78 is 0. The van der Waals surface area contributed by atoms with Crippen molar-refractivity contribution in [3.8, 4) is 0 Å². The Morgan fingerprint density at radius 1 is 1.00 bits per heavy atom. The third-order valence-corrected chi connectivity index (χ3v) is 2.03. The van der Waals surface area contributed by atoms with Crippen LogP contribution in [0.2, 0.25) is 0 Å². The lowest BCUT2D eigenvalue weighted by Gasteiger charge is -2.13. The molecule has 3 nitrogen and oxygen atoms in total. The Morgan fingerprint density at radius 2 is 1.71 bits per heavy atom. The van der Waals surface area contributed by atoms with Gasteiger partial charge >= 0.3 is 0 Å². The van der Waals surface area contributed by atoms with Gasteiger partial charge in [0.05, 0.1) is 5.70 Å². The Morgan fingerprint density at radius 3 is 2.43 bits per heavy atom. The average molecular weight is 187 g/mol. The van der Waals surface area contributed by atoms with Gasteiger partial charge in [0, 0.05) is 12.2 Å². The maximum Gasteiger partial charge on any atom is 0.258 e. The molecule has 0 saturated heterocycles. The molecule has 3 heteroatoms. The van der Waals surface area contributed by atoms with Crippen molar-refractivity contribution in [3.63, 3.8) is 0 Å². The molecule has 2 aliphatic rings. The van der Waals surface area contributed by atoms with Gasteiger partial charge in [-0.1, -0.05) is 18.2 Å². The minimum Gasteiger partial charge on any atom is -0.269 e.